The number of guanidine groups is 2. The smallest absolute Gasteiger partial charge is 0.195 e. The minimum atomic E-state index is -0.233. The maximum atomic E-state index is 7.73. The minimum absolute atomic E-state index is 0.0538. The van der Waals surface area contributed by atoms with E-state index in [2.05, 4.69) is 47.0 Å². The summed E-state index contributed by atoms with van der Waals surface area (Å²) in [5, 5.41) is 20.3. The van der Waals surface area contributed by atoms with Crippen LogP contribution in [0, 0.1) is 10.8 Å². The van der Waals surface area contributed by atoms with E-state index in [1.165, 1.54) is 11.1 Å². The van der Waals surface area contributed by atoms with Crippen LogP contribution in [0.15, 0.2) is 60.7 Å². The van der Waals surface area contributed by atoms with Gasteiger partial charge < -0.3 is 11.1 Å². The van der Waals surface area contributed by atoms with Crippen LogP contribution >= 0.6 is 0 Å². The van der Waals surface area contributed by atoms with Gasteiger partial charge in [-0.25, -0.2) is 0 Å². The Balaban J connectivity index is 1.98. The summed E-state index contributed by atoms with van der Waals surface area (Å²) in [4.78, 5) is 0. The first-order chi connectivity index (χ1) is 11.1. The summed E-state index contributed by atoms with van der Waals surface area (Å²) in [6.45, 7) is 0.621. The van der Waals surface area contributed by atoms with E-state index in [4.69, 9.17) is 16.6 Å². The molecule has 5 nitrogen and oxygen atoms in total. The molecule has 0 amide bonds. The molecule has 23 heavy (non-hydrogen) atoms. The number of hydrogen-bond donors (Lipinski definition) is 5. The predicted octanol–water partition coefficient (Wildman–Crippen LogP) is 2.41. The van der Waals surface area contributed by atoms with Gasteiger partial charge >= 0.3 is 0 Å². The molecule has 0 saturated carbocycles. The first kappa shape index (κ1) is 16.5. The van der Waals surface area contributed by atoms with Crippen LogP contribution in [0.2, 0.25) is 0 Å². The second kappa shape index (κ2) is 8.58. The van der Waals surface area contributed by atoms with Gasteiger partial charge in [-0.05, 0) is 24.0 Å². The highest BCUT2D eigenvalue weighted by molar-refractivity contribution is 5.94. The zero-order valence-electron chi connectivity index (χ0n) is 13.0. The largest absolute Gasteiger partial charge is 0.370 e. The van der Waals surface area contributed by atoms with Crippen LogP contribution < -0.4 is 16.4 Å². The maximum Gasteiger partial charge on any atom is 0.195 e. The van der Waals surface area contributed by atoms with Crippen LogP contribution in [-0.2, 0) is 6.42 Å². The molecular formula is C18H23N5. The van der Waals surface area contributed by atoms with Crippen LogP contribution in [0.5, 0.6) is 0 Å². The third-order valence-electron chi connectivity index (χ3n) is 3.68. The van der Waals surface area contributed by atoms with Gasteiger partial charge in [0, 0.05) is 12.5 Å². The van der Waals surface area contributed by atoms with E-state index in [9.17, 15) is 0 Å². The zero-order chi connectivity index (χ0) is 16.5. The first-order valence-corrected chi connectivity index (χ1v) is 7.67. The predicted molar refractivity (Wildman–Crippen MR) is 94.7 cm³/mol. The summed E-state index contributed by atoms with van der Waals surface area (Å²) < 4.78 is 0. The Kier molecular flexibility index (Phi) is 6.17. The van der Waals surface area contributed by atoms with E-state index in [1.807, 2.05) is 24.3 Å². The SMILES string of the molecule is N=C(N)NC(=N)NCC(CCc1ccccc1)c1ccccc1. The number of hydrogen-bond acceptors (Lipinski definition) is 2. The number of nitrogens with one attached hydrogen (secondary N) is 4. The molecule has 0 aliphatic carbocycles. The molecule has 2 aromatic rings. The molecule has 0 aliphatic rings. The molecule has 0 saturated heterocycles. The third kappa shape index (κ3) is 5.82. The summed E-state index contributed by atoms with van der Waals surface area (Å²) in [7, 11) is 0. The van der Waals surface area contributed by atoms with Gasteiger partial charge in [0.1, 0.15) is 0 Å². The lowest BCUT2D eigenvalue weighted by Crippen LogP contribution is -2.44. The Morgan fingerprint density at radius 3 is 2.17 bits per heavy atom. The van der Waals surface area contributed by atoms with Crippen molar-refractivity contribution in [1.82, 2.24) is 10.6 Å². The average molecular weight is 309 g/mol. The molecule has 120 valence electrons. The van der Waals surface area contributed by atoms with Crippen molar-refractivity contribution in [2.45, 2.75) is 18.8 Å². The number of rotatable bonds is 6. The lowest BCUT2D eigenvalue weighted by molar-refractivity contribution is 0.602. The standard InChI is InChI=1S/C18H23N5/c19-17(20)23-18(21)22-13-16(15-9-5-2-6-10-15)12-11-14-7-3-1-4-8-14/h1-10,16H,11-13H2,(H6,19,20,21,22,23). The lowest BCUT2D eigenvalue weighted by atomic mass is 9.92. The van der Waals surface area contributed by atoms with Crippen molar-refractivity contribution in [2.75, 3.05) is 6.54 Å². The average Bonchev–Trinajstić information content (AvgIpc) is 2.56. The van der Waals surface area contributed by atoms with E-state index < -0.39 is 0 Å². The third-order valence-corrected chi connectivity index (χ3v) is 3.68. The molecule has 0 heterocycles. The Hall–Kier alpha value is -2.82. The summed E-state index contributed by atoms with van der Waals surface area (Å²) in [6, 6.07) is 20.7. The zero-order valence-corrected chi connectivity index (χ0v) is 13.0. The van der Waals surface area contributed by atoms with Gasteiger partial charge in [-0.1, -0.05) is 60.7 Å². The summed E-state index contributed by atoms with van der Waals surface area (Å²) in [5.41, 5.74) is 7.79. The molecule has 1 atom stereocenters. The molecule has 2 aromatic carbocycles. The van der Waals surface area contributed by atoms with Crippen molar-refractivity contribution in [1.29, 1.82) is 10.8 Å². The second-order valence-electron chi connectivity index (χ2n) is 5.43. The van der Waals surface area contributed by atoms with Gasteiger partial charge in [0.2, 0.25) is 0 Å². The monoisotopic (exact) mass is 309 g/mol. The van der Waals surface area contributed by atoms with Crippen molar-refractivity contribution in [3.05, 3.63) is 71.8 Å². The highest BCUT2D eigenvalue weighted by Gasteiger charge is 2.12. The van der Waals surface area contributed by atoms with Gasteiger partial charge in [-0.3, -0.25) is 16.1 Å². The molecule has 0 aliphatic heterocycles. The quantitative estimate of drug-likeness (QED) is 0.418. The van der Waals surface area contributed by atoms with Crippen molar-refractivity contribution in [2.24, 2.45) is 5.73 Å². The number of nitrogens with two attached hydrogens (primary N) is 1. The molecule has 5 heteroatoms. The highest BCUT2D eigenvalue weighted by atomic mass is 15.2. The summed E-state index contributed by atoms with van der Waals surface area (Å²) >= 11 is 0. The summed E-state index contributed by atoms with van der Waals surface area (Å²) in [5.74, 6) is 0.103. The Morgan fingerprint density at radius 2 is 1.57 bits per heavy atom. The van der Waals surface area contributed by atoms with Gasteiger partial charge in [-0.2, -0.15) is 0 Å². The van der Waals surface area contributed by atoms with Gasteiger partial charge in [0.25, 0.3) is 0 Å². The van der Waals surface area contributed by atoms with E-state index in [-0.39, 0.29) is 17.8 Å². The first-order valence-electron chi connectivity index (χ1n) is 7.67. The highest BCUT2D eigenvalue weighted by Crippen LogP contribution is 2.21. The molecule has 0 aromatic heterocycles. The van der Waals surface area contributed by atoms with Crippen molar-refractivity contribution in [3.63, 3.8) is 0 Å². The fourth-order valence-corrected chi connectivity index (χ4v) is 2.50. The Labute approximate surface area is 136 Å². The van der Waals surface area contributed by atoms with Crippen molar-refractivity contribution in [3.8, 4) is 0 Å². The number of benzene rings is 2. The normalized spacial score (nSPS) is 11.5. The van der Waals surface area contributed by atoms with E-state index in [0.29, 0.717) is 6.54 Å². The fourth-order valence-electron chi connectivity index (χ4n) is 2.50. The van der Waals surface area contributed by atoms with Crippen LogP contribution in [0.3, 0.4) is 0 Å². The molecule has 0 fully saturated rings. The topological polar surface area (TPSA) is 97.8 Å². The Bertz CT molecular complexity index is 624. The molecular weight excluding hydrogens is 286 g/mol. The van der Waals surface area contributed by atoms with Crippen molar-refractivity contribution < 1.29 is 0 Å². The maximum absolute atomic E-state index is 7.73. The second-order valence-corrected chi connectivity index (χ2v) is 5.43. The van der Waals surface area contributed by atoms with Crippen LogP contribution in [0.1, 0.15) is 23.5 Å². The molecule has 1 unspecified atom stereocenters. The molecule has 0 spiro atoms. The van der Waals surface area contributed by atoms with Crippen molar-refractivity contribution >= 4 is 11.9 Å². The van der Waals surface area contributed by atoms with Gasteiger partial charge in [0.05, 0.1) is 0 Å². The van der Waals surface area contributed by atoms with Gasteiger partial charge in [-0.15, -0.1) is 0 Å². The van der Waals surface area contributed by atoms with E-state index in [0.717, 1.165) is 12.8 Å². The molecule has 0 bridgehead atoms. The van der Waals surface area contributed by atoms with Crippen LogP contribution in [0.25, 0.3) is 0 Å². The van der Waals surface area contributed by atoms with E-state index >= 15 is 0 Å². The fraction of sp³-hybridized carbons (Fsp3) is 0.222. The lowest BCUT2D eigenvalue weighted by Gasteiger charge is -2.19. The molecule has 6 N–H and O–H groups in total. The van der Waals surface area contributed by atoms with Crippen LogP contribution in [0.4, 0.5) is 0 Å². The number of aryl methyl sites for hydroxylation is 1. The van der Waals surface area contributed by atoms with E-state index in [1.54, 1.807) is 0 Å². The molecule has 2 rings (SSSR count). The van der Waals surface area contributed by atoms with Gasteiger partial charge in [0.15, 0.2) is 11.9 Å². The minimum Gasteiger partial charge on any atom is -0.370 e. The Morgan fingerprint density at radius 1 is 0.957 bits per heavy atom. The van der Waals surface area contributed by atoms with Crippen LogP contribution in [-0.4, -0.2) is 18.5 Å². The summed E-state index contributed by atoms with van der Waals surface area (Å²) in [6.07, 6.45) is 1.96. The molecule has 0 radical (unpaired) electrons.